The summed E-state index contributed by atoms with van der Waals surface area (Å²) < 4.78 is 36.2. The second kappa shape index (κ2) is 8.07. The van der Waals surface area contributed by atoms with Gasteiger partial charge in [-0.05, 0) is 49.2 Å². The van der Waals surface area contributed by atoms with Crippen molar-refractivity contribution in [3.63, 3.8) is 0 Å². The number of hydrogen-bond acceptors (Lipinski definition) is 5. The van der Waals surface area contributed by atoms with Crippen LogP contribution in [-0.4, -0.2) is 41.7 Å². The predicted molar refractivity (Wildman–Crippen MR) is 116 cm³/mol. The van der Waals surface area contributed by atoms with Gasteiger partial charge in [0, 0.05) is 25.2 Å². The van der Waals surface area contributed by atoms with Gasteiger partial charge < -0.3 is 14.4 Å². The molecule has 9 heteroatoms. The fourth-order valence-corrected chi connectivity index (χ4v) is 5.20. The maximum absolute atomic E-state index is 13.6. The van der Waals surface area contributed by atoms with Crippen LogP contribution in [0.4, 0.5) is 5.69 Å². The van der Waals surface area contributed by atoms with E-state index < -0.39 is 22.1 Å². The molecule has 4 rings (SSSR count). The molecule has 1 aliphatic rings. The first kappa shape index (κ1) is 20.9. The number of ether oxygens (including phenoxy) is 1. The third-order valence-electron chi connectivity index (χ3n) is 5.15. The Morgan fingerprint density at radius 1 is 1.26 bits per heavy atom. The lowest BCUT2D eigenvalue weighted by Gasteiger charge is -2.35. The minimum absolute atomic E-state index is 0.0300. The summed E-state index contributed by atoms with van der Waals surface area (Å²) in [5.41, 5.74) is 2.72. The molecule has 0 unspecified atom stereocenters. The Hall–Kier alpha value is -3.33. The number of carbonyl (C=O) groups is 1. The third kappa shape index (κ3) is 4.27. The minimum Gasteiger partial charge on any atom is -0.486 e. The van der Waals surface area contributed by atoms with Gasteiger partial charge in [0.15, 0.2) is 0 Å². The molecule has 0 aliphatic carbocycles. The summed E-state index contributed by atoms with van der Waals surface area (Å²) in [7, 11) is -2.02. The number of aromatic nitrogens is 2. The van der Waals surface area contributed by atoms with Crippen molar-refractivity contribution in [3.05, 3.63) is 60.6 Å². The van der Waals surface area contributed by atoms with E-state index in [1.165, 1.54) is 4.31 Å². The monoisotopic (exact) mass is 441 g/mol. The summed E-state index contributed by atoms with van der Waals surface area (Å²) in [5, 5.41) is 9.04. The molecule has 3 aromatic rings. The molecule has 1 N–H and O–H groups in total. The highest BCUT2D eigenvalue weighted by molar-refractivity contribution is 7.92. The Kier molecular flexibility index (Phi) is 5.45. The lowest BCUT2D eigenvalue weighted by atomic mass is 10.1. The van der Waals surface area contributed by atoms with Crippen molar-refractivity contribution >= 4 is 21.7 Å². The van der Waals surface area contributed by atoms with Gasteiger partial charge in [0.25, 0.3) is 10.0 Å². The van der Waals surface area contributed by atoms with E-state index in [2.05, 4.69) is 4.98 Å². The molecule has 0 amide bonds. The SMILES string of the molecule is Cc1cccc(S(=O)(=O)N2C[C@H](CCC(=O)O)Oc3ccc(-c4cn(C)cn4)cc32)c1. The van der Waals surface area contributed by atoms with Crippen LogP contribution in [0.2, 0.25) is 0 Å². The van der Waals surface area contributed by atoms with Gasteiger partial charge >= 0.3 is 5.97 Å². The predicted octanol–water partition coefficient (Wildman–Crippen LogP) is 3.22. The second-order valence-corrected chi connectivity index (χ2v) is 9.49. The molecule has 0 spiro atoms. The van der Waals surface area contributed by atoms with Crippen molar-refractivity contribution in [2.75, 3.05) is 10.8 Å². The van der Waals surface area contributed by atoms with Crippen molar-refractivity contribution in [2.45, 2.75) is 30.8 Å². The Bertz CT molecular complexity index is 1240. The molecule has 31 heavy (non-hydrogen) atoms. The highest BCUT2D eigenvalue weighted by Gasteiger charge is 2.35. The summed E-state index contributed by atoms with van der Waals surface area (Å²) in [6.45, 7) is 1.86. The molecule has 0 bridgehead atoms. The molecular formula is C22H23N3O5S. The number of benzene rings is 2. The van der Waals surface area contributed by atoms with Crippen LogP contribution in [-0.2, 0) is 21.9 Å². The van der Waals surface area contributed by atoms with E-state index in [0.29, 0.717) is 17.1 Å². The molecule has 1 atom stereocenters. The normalized spacial score (nSPS) is 15.9. The number of carboxylic acid groups (broad SMARTS) is 1. The van der Waals surface area contributed by atoms with E-state index in [9.17, 15) is 13.2 Å². The highest BCUT2D eigenvalue weighted by atomic mass is 32.2. The zero-order chi connectivity index (χ0) is 22.2. The van der Waals surface area contributed by atoms with Crippen LogP contribution in [0, 0.1) is 6.92 Å². The zero-order valence-electron chi connectivity index (χ0n) is 17.2. The molecule has 0 saturated heterocycles. The number of imidazole rings is 1. The summed E-state index contributed by atoms with van der Waals surface area (Å²) in [6, 6.07) is 12.0. The summed E-state index contributed by atoms with van der Waals surface area (Å²) >= 11 is 0. The lowest BCUT2D eigenvalue weighted by Crippen LogP contribution is -2.43. The van der Waals surface area contributed by atoms with Crippen molar-refractivity contribution in [2.24, 2.45) is 7.05 Å². The Morgan fingerprint density at radius 3 is 2.74 bits per heavy atom. The Balaban J connectivity index is 1.79. The van der Waals surface area contributed by atoms with Gasteiger partial charge in [0.1, 0.15) is 11.9 Å². The van der Waals surface area contributed by atoms with Crippen LogP contribution >= 0.6 is 0 Å². The Labute approximate surface area is 180 Å². The molecule has 8 nitrogen and oxygen atoms in total. The van der Waals surface area contributed by atoms with Crippen molar-refractivity contribution in [1.82, 2.24) is 9.55 Å². The van der Waals surface area contributed by atoms with E-state index in [-0.39, 0.29) is 24.3 Å². The quantitative estimate of drug-likeness (QED) is 0.630. The van der Waals surface area contributed by atoms with Crippen LogP contribution in [0.1, 0.15) is 18.4 Å². The highest BCUT2D eigenvalue weighted by Crippen LogP contribution is 2.40. The first-order valence-electron chi connectivity index (χ1n) is 9.84. The summed E-state index contributed by atoms with van der Waals surface area (Å²) in [4.78, 5) is 15.6. The second-order valence-electron chi connectivity index (χ2n) is 7.63. The number of nitrogens with zero attached hydrogens (tertiary/aromatic N) is 3. The lowest BCUT2D eigenvalue weighted by molar-refractivity contribution is -0.137. The van der Waals surface area contributed by atoms with Gasteiger partial charge in [-0.3, -0.25) is 9.10 Å². The molecule has 0 radical (unpaired) electrons. The van der Waals surface area contributed by atoms with Crippen LogP contribution in [0.3, 0.4) is 0 Å². The standard InChI is InChI=1S/C22H23N3O5S/c1-15-4-3-5-18(10-15)31(28,29)25-12-17(7-9-22(26)27)30-21-8-6-16(11-20(21)25)19-13-24(2)14-23-19/h3-6,8,10-11,13-14,17H,7,9,12H2,1-2H3,(H,26,27)/t17-/m0/s1. The minimum atomic E-state index is -3.88. The fourth-order valence-electron chi connectivity index (χ4n) is 3.60. The number of aryl methyl sites for hydroxylation is 2. The Morgan fingerprint density at radius 2 is 2.06 bits per heavy atom. The van der Waals surface area contributed by atoms with Gasteiger partial charge in [0.05, 0.1) is 29.1 Å². The van der Waals surface area contributed by atoms with Crippen LogP contribution in [0.5, 0.6) is 5.75 Å². The number of hydrogen-bond donors (Lipinski definition) is 1. The molecule has 2 heterocycles. The first-order chi connectivity index (χ1) is 14.7. The topological polar surface area (TPSA) is 102 Å². The number of sulfonamides is 1. The van der Waals surface area contributed by atoms with Gasteiger partial charge in [-0.15, -0.1) is 0 Å². The smallest absolute Gasteiger partial charge is 0.303 e. The summed E-state index contributed by atoms with van der Waals surface area (Å²) in [6.07, 6.45) is 3.06. The molecule has 162 valence electrons. The van der Waals surface area contributed by atoms with E-state index in [1.807, 2.05) is 36.9 Å². The van der Waals surface area contributed by atoms with Gasteiger partial charge in [-0.2, -0.15) is 0 Å². The van der Waals surface area contributed by atoms with E-state index in [0.717, 1.165) is 11.1 Å². The average Bonchev–Trinajstić information content (AvgIpc) is 3.17. The molecule has 1 aliphatic heterocycles. The maximum atomic E-state index is 13.6. The number of rotatable bonds is 6. The molecule has 1 aromatic heterocycles. The molecule has 0 saturated carbocycles. The summed E-state index contributed by atoms with van der Waals surface area (Å²) in [5.74, 6) is -0.550. The largest absolute Gasteiger partial charge is 0.486 e. The molecule has 2 aromatic carbocycles. The average molecular weight is 442 g/mol. The van der Waals surface area contributed by atoms with Crippen LogP contribution < -0.4 is 9.04 Å². The third-order valence-corrected chi connectivity index (χ3v) is 6.92. The zero-order valence-corrected chi connectivity index (χ0v) is 18.0. The van der Waals surface area contributed by atoms with E-state index in [4.69, 9.17) is 9.84 Å². The number of carboxylic acids is 1. The van der Waals surface area contributed by atoms with Crippen LogP contribution in [0.15, 0.2) is 59.9 Å². The molecule has 0 fully saturated rings. The number of aliphatic carboxylic acids is 1. The van der Waals surface area contributed by atoms with Crippen molar-refractivity contribution in [3.8, 4) is 17.0 Å². The molecular weight excluding hydrogens is 418 g/mol. The van der Waals surface area contributed by atoms with Gasteiger partial charge in [-0.1, -0.05) is 12.1 Å². The number of anilines is 1. The first-order valence-corrected chi connectivity index (χ1v) is 11.3. The van der Waals surface area contributed by atoms with Crippen LogP contribution in [0.25, 0.3) is 11.3 Å². The maximum Gasteiger partial charge on any atom is 0.303 e. The van der Waals surface area contributed by atoms with E-state index in [1.54, 1.807) is 36.7 Å². The van der Waals surface area contributed by atoms with Gasteiger partial charge in [-0.25, -0.2) is 13.4 Å². The fraction of sp³-hybridized carbons (Fsp3) is 0.273. The van der Waals surface area contributed by atoms with Crippen molar-refractivity contribution < 1.29 is 23.1 Å². The number of fused-ring (bicyclic) bond motifs is 1. The van der Waals surface area contributed by atoms with E-state index >= 15 is 0 Å². The van der Waals surface area contributed by atoms with Crippen molar-refractivity contribution in [1.29, 1.82) is 0 Å². The van der Waals surface area contributed by atoms with Gasteiger partial charge in [0.2, 0.25) is 0 Å².